The summed E-state index contributed by atoms with van der Waals surface area (Å²) < 4.78 is 0. The zero-order valence-electron chi connectivity index (χ0n) is 8.60. The van der Waals surface area contributed by atoms with Crippen molar-refractivity contribution < 1.29 is 4.79 Å². The third kappa shape index (κ3) is 1.75. The number of nitrogens with one attached hydrogen (secondary N) is 1. The number of rotatable bonds is 3. The number of primary amides is 1. The van der Waals surface area contributed by atoms with Gasteiger partial charge in [-0.1, -0.05) is 12.1 Å². The second-order valence-corrected chi connectivity index (χ2v) is 3.64. The number of benzene rings is 1. The Morgan fingerprint density at radius 1 is 1.50 bits per heavy atom. The first-order valence-electron chi connectivity index (χ1n) is 4.96. The molecule has 3 N–H and O–H groups in total. The molecule has 0 spiro atoms. The molecule has 4 nitrogen and oxygen atoms in total. The number of aromatic amines is 1. The van der Waals surface area contributed by atoms with Crippen LogP contribution in [-0.2, 0) is 11.2 Å². The highest BCUT2D eigenvalue weighted by Crippen LogP contribution is 2.20. The lowest BCUT2D eigenvalue weighted by molar-refractivity contribution is -0.120. The van der Waals surface area contributed by atoms with Crippen LogP contribution in [0.4, 0.5) is 0 Å². The van der Waals surface area contributed by atoms with Gasteiger partial charge in [-0.15, -0.1) is 0 Å². The Labute approximate surface area is 92.7 Å². The molecule has 0 saturated heterocycles. The van der Waals surface area contributed by atoms with Gasteiger partial charge in [0.2, 0.25) is 5.91 Å². The van der Waals surface area contributed by atoms with Gasteiger partial charge in [0.25, 0.3) is 0 Å². The Kier molecular flexibility index (Phi) is 2.61. The molecule has 0 radical (unpaired) electrons. The molecule has 80 valence electrons. The molecule has 2 aromatic rings. The molecular formula is C12H11N3O. The highest BCUT2D eigenvalue weighted by atomic mass is 16.1. The number of nitrogens with zero attached hydrogens (tertiary/aromatic N) is 1. The van der Waals surface area contributed by atoms with Crippen LogP contribution < -0.4 is 5.73 Å². The van der Waals surface area contributed by atoms with Crippen molar-refractivity contribution in [1.29, 1.82) is 5.26 Å². The summed E-state index contributed by atoms with van der Waals surface area (Å²) in [5.74, 6) is -1.34. The molecule has 16 heavy (non-hydrogen) atoms. The van der Waals surface area contributed by atoms with Crippen molar-refractivity contribution in [3.05, 3.63) is 36.0 Å². The van der Waals surface area contributed by atoms with Gasteiger partial charge in [-0.05, 0) is 24.1 Å². The van der Waals surface area contributed by atoms with E-state index < -0.39 is 11.8 Å². The van der Waals surface area contributed by atoms with Crippen molar-refractivity contribution in [1.82, 2.24) is 4.98 Å². The average molecular weight is 213 g/mol. The summed E-state index contributed by atoms with van der Waals surface area (Å²) >= 11 is 0. The summed E-state index contributed by atoms with van der Waals surface area (Å²) in [6.07, 6.45) is 2.20. The number of hydrogen-bond acceptors (Lipinski definition) is 2. The SMILES string of the molecule is N#CC(Cc1cccc2[nH]ccc12)C(N)=O. The average Bonchev–Trinajstić information content (AvgIpc) is 2.73. The van der Waals surface area contributed by atoms with Crippen LogP contribution in [0.3, 0.4) is 0 Å². The second-order valence-electron chi connectivity index (χ2n) is 3.64. The fourth-order valence-electron chi connectivity index (χ4n) is 1.76. The van der Waals surface area contributed by atoms with Crippen LogP contribution in [-0.4, -0.2) is 10.9 Å². The molecule has 1 atom stereocenters. The maximum absolute atomic E-state index is 11.0. The lowest BCUT2D eigenvalue weighted by Crippen LogP contribution is -2.23. The third-order valence-electron chi connectivity index (χ3n) is 2.61. The molecule has 0 saturated carbocycles. The Bertz CT molecular complexity index is 565. The highest BCUT2D eigenvalue weighted by Gasteiger charge is 2.16. The Morgan fingerprint density at radius 3 is 3.00 bits per heavy atom. The van der Waals surface area contributed by atoms with E-state index in [1.54, 1.807) is 0 Å². The maximum Gasteiger partial charge on any atom is 0.235 e. The Hall–Kier alpha value is -2.28. The van der Waals surface area contributed by atoms with E-state index in [4.69, 9.17) is 11.0 Å². The number of H-pyrrole nitrogens is 1. The second kappa shape index (κ2) is 4.07. The lowest BCUT2D eigenvalue weighted by atomic mass is 9.97. The van der Waals surface area contributed by atoms with Crippen LogP contribution in [0.2, 0.25) is 0 Å². The zero-order chi connectivity index (χ0) is 11.5. The number of carbonyl (C=O) groups excluding carboxylic acids is 1. The van der Waals surface area contributed by atoms with E-state index in [0.29, 0.717) is 6.42 Å². The van der Waals surface area contributed by atoms with Crippen molar-refractivity contribution in [2.45, 2.75) is 6.42 Å². The fourth-order valence-corrected chi connectivity index (χ4v) is 1.76. The Morgan fingerprint density at radius 2 is 2.31 bits per heavy atom. The number of nitrogens with two attached hydrogens (primary N) is 1. The maximum atomic E-state index is 11.0. The van der Waals surface area contributed by atoms with E-state index in [2.05, 4.69) is 4.98 Å². The molecule has 1 amide bonds. The number of nitriles is 1. The van der Waals surface area contributed by atoms with Gasteiger partial charge in [-0.3, -0.25) is 4.79 Å². The lowest BCUT2D eigenvalue weighted by Gasteiger charge is -2.06. The van der Waals surface area contributed by atoms with Gasteiger partial charge < -0.3 is 10.7 Å². The number of amides is 1. The third-order valence-corrected chi connectivity index (χ3v) is 2.61. The molecule has 1 aromatic carbocycles. The first-order chi connectivity index (χ1) is 7.72. The van der Waals surface area contributed by atoms with E-state index in [1.165, 1.54) is 0 Å². The fraction of sp³-hybridized carbons (Fsp3) is 0.167. The minimum atomic E-state index is -0.763. The molecule has 0 fully saturated rings. The zero-order valence-corrected chi connectivity index (χ0v) is 8.60. The molecule has 0 aliphatic carbocycles. The molecule has 1 aromatic heterocycles. The van der Waals surface area contributed by atoms with Crippen LogP contribution in [0.25, 0.3) is 10.9 Å². The first-order valence-corrected chi connectivity index (χ1v) is 4.96. The summed E-state index contributed by atoms with van der Waals surface area (Å²) in [5, 5.41) is 9.85. The number of fused-ring (bicyclic) bond motifs is 1. The van der Waals surface area contributed by atoms with Crippen LogP contribution in [0, 0.1) is 17.2 Å². The predicted molar refractivity (Wildman–Crippen MR) is 60.3 cm³/mol. The quantitative estimate of drug-likeness (QED) is 0.806. The minimum absolute atomic E-state index is 0.362. The summed E-state index contributed by atoms with van der Waals surface area (Å²) in [5.41, 5.74) is 7.11. The molecule has 4 heteroatoms. The summed E-state index contributed by atoms with van der Waals surface area (Å²) in [6.45, 7) is 0. The topological polar surface area (TPSA) is 82.7 Å². The molecule has 0 aliphatic rings. The van der Waals surface area contributed by atoms with Crippen molar-refractivity contribution >= 4 is 16.8 Å². The summed E-state index contributed by atoms with van der Waals surface area (Å²) in [4.78, 5) is 14.1. The van der Waals surface area contributed by atoms with Crippen LogP contribution in [0.5, 0.6) is 0 Å². The van der Waals surface area contributed by atoms with E-state index >= 15 is 0 Å². The molecule has 1 heterocycles. The summed E-state index contributed by atoms with van der Waals surface area (Å²) in [6, 6.07) is 9.60. The van der Waals surface area contributed by atoms with E-state index in [9.17, 15) is 4.79 Å². The van der Waals surface area contributed by atoms with Gasteiger partial charge >= 0.3 is 0 Å². The predicted octanol–water partition coefficient (Wildman–Crippen LogP) is 1.34. The van der Waals surface area contributed by atoms with Crippen molar-refractivity contribution in [3.63, 3.8) is 0 Å². The molecule has 0 aliphatic heterocycles. The molecule has 0 bridgehead atoms. The van der Waals surface area contributed by atoms with Gasteiger partial charge in [0.05, 0.1) is 6.07 Å². The number of aromatic nitrogens is 1. The normalized spacial score (nSPS) is 12.2. The molecular weight excluding hydrogens is 202 g/mol. The summed E-state index contributed by atoms with van der Waals surface area (Å²) in [7, 11) is 0. The highest BCUT2D eigenvalue weighted by molar-refractivity contribution is 5.85. The Balaban J connectivity index is 2.37. The van der Waals surface area contributed by atoms with E-state index in [-0.39, 0.29) is 0 Å². The van der Waals surface area contributed by atoms with Crippen LogP contribution in [0.15, 0.2) is 30.5 Å². The van der Waals surface area contributed by atoms with E-state index in [1.807, 2.05) is 36.5 Å². The van der Waals surface area contributed by atoms with Crippen molar-refractivity contribution in [2.24, 2.45) is 11.7 Å². The monoisotopic (exact) mass is 213 g/mol. The van der Waals surface area contributed by atoms with Gasteiger partial charge in [-0.2, -0.15) is 5.26 Å². The molecule has 2 rings (SSSR count). The standard InChI is InChI=1S/C12H11N3O/c13-7-9(12(14)16)6-8-2-1-3-11-10(8)4-5-15-11/h1-5,9,15H,6H2,(H2,14,16). The van der Waals surface area contributed by atoms with Crippen LogP contribution >= 0.6 is 0 Å². The van der Waals surface area contributed by atoms with Crippen molar-refractivity contribution in [2.75, 3.05) is 0 Å². The number of hydrogen-bond donors (Lipinski definition) is 2. The minimum Gasteiger partial charge on any atom is -0.369 e. The largest absolute Gasteiger partial charge is 0.369 e. The first kappa shape index (κ1) is 10.2. The number of carbonyl (C=O) groups is 1. The van der Waals surface area contributed by atoms with Crippen LogP contribution in [0.1, 0.15) is 5.56 Å². The van der Waals surface area contributed by atoms with Crippen molar-refractivity contribution in [3.8, 4) is 6.07 Å². The van der Waals surface area contributed by atoms with Gasteiger partial charge in [0.15, 0.2) is 0 Å². The molecule has 1 unspecified atom stereocenters. The van der Waals surface area contributed by atoms with E-state index in [0.717, 1.165) is 16.5 Å². The smallest absolute Gasteiger partial charge is 0.235 e. The van der Waals surface area contributed by atoms with Gasteiger partial charge in [0, 0.05) is 17.1 Å². The van der Waals surface area contributed by atoms with Gasteiger partial charge in [0.1, 0.15) is 5.92 Å². The van der Waals surface area contributed by atoms with Gasteiger partial charge in [-0.25, -0.2) is 0 Å².